The van der Waals surface area contributed by atoms with Crippen LogP contribution in [0.15, 0.2) is 0 Å². The highest BCUT2D eigenvalue weighted by molar-refractivity contribution is 5.03. The average Bonchev–Trinajstić information content (AvgIpc) is 2.38. The molecule has 1 heterocycles. The second kappa shape index (κ2) is 5.71. The van der Waals surface area contributed by atoms with Gasteiger partial charge in [0.05, 0.1) is 0 Å². The molecule has 112 valence electrons. The summed E-state index contributed by atoms with van der Waals surface area (Å²) in [6.07, 6.45) is 4.00. The maximum atomic E-state index is 6.29. The van der Waals surface area contributed by atoms with Gasteiger partial charge < -0.3 is 5.73 Å². The van der Waals surface area contributed by atoms with Gasteiger partial charge >= 0.3 is 0 Å². The molecule has 2 aliphatic rings. The van der Waals surface area contributed by atoms with Gasteiger partial charge in [0.1, 0.15) is 0 Å². The van der Waals surface area contributed by atoms with E-state index in [1.54, 1.807) is 0 Å². The first-order valence-electron chi connectivity index (χ1n) is 8.07. The largest absolute Gasteiger partial charge is 0.329 e. The van der Waals surface area contributed by atoms with Crippen LogP contribution < -0.4 is 5.73 Å². The molecule has 0 aromatic rings. The van der Waals surface area contributed by atoms with Crippen LogP contribution >= 0.6 is 0 Å². The summed E-state index contributed by atoms with van der Waals surface area (Å²) < 4.78 is 0. The second-order valence-corrected chi connectivity index (χ2v) is 7.36. The lowest BCUT2D eigenvalue weighted by molar-refractivity contribution is -0.0595. The Morgan fingerprint density at radius 1 is 1.05 bits per heavy atom. The molecular weight excluding hydrogens is 234 g/mol. The van der Waals surface area contributed by atoms with Gasteiger partial charge in [-0.05, 0) is 45.6 Å². The number of rotatable bonds is 2. The van der Waals surface area contributed by atoms with Crippen LogP contribution in [0.2, 0.25) is 0 Å². The van der Waals surface area contributed by atoms with Gasteiger partial charge in [-0.1, -0.05) is 20.3 Å². The van der Waals surface area contributed by atoms with Gasteiger partial charge in [0.25, 0.3) is 0 Å². The summed E-state index contributed by atoms with van der Waals surface area (Å²) >= 11 is 0. The standard InChI is InChI=1S/C16H33N3/c1-12-6-7-13(2)16(8-12,11-17)19-9-14(3)18(5)15(4)10-19/h12-15H,6-11,17H2,1-5H3. The van der Waals surface area contributed by atoms with Gasteiger partial charge in [0, 0.05) is 37.3 Å². The predicted octanol–water partition coefficient (Wildman–Crippen LogP) is 2.16. The number of hydrogen-bond donors (Lipinski definition) is 1. The summed E-state index contributed by atoms with van der Waals surface area (Å²) in [6, 6.07) is 1.27. The first-order valence-corrected chi connectivity index (χ1v) is 8.07. The summed E-state index contributed by atoms with van der Waals surface area (Å²) in [4.78, 5) is 5.25. The lowest BCUT2D eigenvalue weighted by Crippen LogP contribution is -2.67. The van der Waals surface area contributed by atoms with Crippen molar-refractivity contribution in [2.45, 2.75) is 64.6 Å². The molecule has 3 nitrogen and oxygen atoms in total. The molecule has 1 aliphatic heterocycles. The third kappa shape index (κ3) is 2.70. The smallest absolute Gasteiger partial charge is 0.0361 e. The highest BCUT2D eigenvalue weighted by Crippen LogP contribution is 2.41. The van der Waals surface area contributed by atoms with E-state index in [2.05, 4.69) is 44.5 Å². The van der Waals surface area contributed by atoms with Crippen molar-refractivity contribution in [2.24, 2.45) is 17.6 Å². The van der Waals surface area contributed by atoms with E-state index in [1.807, 2.05) is 0 Å². The Balaban J connectivity index is 2.20. The molecule has 0 amide bonds. The molecule has 5 atom stereocenters. The fraction of sp³-hybridized carbons (Fsp3) is 1.00. The monoisotopic (exact) mass is 267 g/mol. The molecule has 2 rings (SSSR count). The van der Waals surface area contributed by atoms with Crippen LogP contribution in [-0.4, -0.2) is 54.1 Å². The van der Waals surface area contributed by atoms with Crippen molar-refractivity contribution < 1.29 is 0 Å². The zero-order valence-corrected chi connectivity index (χ0v) is 13.5. The lowest BCUT2D eigenvalue weighted by Gasteiger charge is -2.56. The molecule has 1 saturated heterocycles. The first-order chi connectivity index (χ1) is 8.90. The highest BCUT2D eigenvalue weighted by atomic mass is 15.3. The van der Waals surface area contributed by atoms with E-state index in [0.29, 0.717) is 12.1 Å². The molecule has 1 aliphatic carbocycles. The SMILES string of the molecule is CC1CCC(C)C(CN)(N2CC(C)N(C)C(C)C2)C1. The number of nitrogens with zero attached hydrogens (tertiary/aromatic N) is 2. The Labute approximate surface area is 119 Å². The second-order valence-electron chi connectivity index (χ2n) is 7.36. The third-order valence-electron chi connectivity index (χ3n) is 6.05. The van der Waals surface area contributed by atoms with Crippen molar-refractivity contribution in [3.63, 3.8) is 0 Å². The van der Waals surface area contributed by atoms with E-state index in [1.165, 1.54) is 32.4 Å². The van der Waals surface area contributed by atoms with Crippen molar-refractivity contribution in [1.82, 2.24) is 9.80 Å². The van der Waals surface area contributed by atoms with Crippen LogP contribution in [0.5, 0.6) is 0 Å². The summed E-state index contributed by atoms with van der Waals surface area (Å²) in [5.41, 5.74) is 6.54. The number of likely N-dealkylation sites (N-methyl/N-ethyl adjacent to an activating group) is 1. The Morgan fingerprint density at radius 3 is 2.16 bits per heavy atom. The minimum Gasteiger partial charge on any atom is -0.329 e. The van der Waals surface area contributed by atoms with Gasteiger partial charge in [-0.3, -0.25) is 9.80 Å². The molecular formula is C16H33N3. The van der Waals surface area contributed by atoms with Crippen molar-refractivity contribution in [1.29, 1.82) is 0 Å². The maximum Gasteiger partial charge on any atom is 0.0361 e. The molecule has 0 bridgehead atoms. The highest BCUT2D eigenvalue weighted by Gasteiger charge is 2.46. The maximum absolute atomic E-state index is 6.29. The van der Waals surface area contributed by atoms with Gasteiger partial charge in [0.2, 0.25) is 0 Å². The molecule has 1 saturated carbocycles. The van der Waals surface area contributed by atoms with Crippen molar-refractivity contribution >= 4 is 0 Å². The Kier molecular flexibility index (Phi) is 4.59. The van der Waals surface area contributed by atoms with Crippen LogP contribution in [0, 0.1) is 11.8 Å². The Bertz CT molecular complexity index is 294. The normalized spacial score (nSPS) is 46.4. The summed E-state index contributed by atoms with van der Waals surface area (Å²) in [6.45, 7) is 12.7. The zero-order chi connectivity index (χ0) is 14.2. The van der Waals surface area contributed by atoms with Crippen LogP contribution in [0.1, 0.15) is 47.0 Å². The van der Waals surface area contributed by atoms with E-state index in [4.69, 9.17) is 5.73 Å². The fourth-order valence-corrected chi connectivity index (χ4v) is 4.33. The molecule has 19 heavy (non-hydrogen) atoms. The topological polar surface area (TPSA) is 32.5 Å². The molecule has 3 heteroatoms. The molecule has 2 N–H and O–H groups in total. The number of hydrogen-bond acceptors (Lipinski definition) is 3. The van der Waals surface area contributed by atoms with Crippen LogP contribution in [0.25, 0.3) is 0 Å². The minimum atomic E-state index is 0.251. The van der Waals surface area contributed by atoms with E-state index in [-0.39, 0.29) is 5.54 Å². The van der Waals surface area contributed by atoms with E-state index in [0.717, 1.165) is 18.4 Å². The predicted molar refractivity (Wildman–Crippen MR) is 82.2 cm³/mol. The average molecular weight is 267 g/mol. The molecule has 2 fully saturated rings. The number of piperazine rings is 1. The summed E-state index contributed by atoms with van der Waals surface area (Å²) in [5.74, 6) is 1.56. The molecule has 0 radical (unpaired) electrons. The summed E-state index contributed by atoms with van der Waals surface area (Å²) in [5, 5.41) is 0. The minimum absolute atomic E-state index is 0.251. The molecule has 5 unspecified atom stereocenters. The van der Waals surface area contributed by atoms with Crippen molar-refractivity contribution in [3.8, 4) is 0 Å². The Morgan fingerprint density at radius 2 is 1.63 bits per heavy atom. The molecule has 0 aromatic carbocycles. The zero-order valence-electron chi connectivity index (χ0n) is 13.5. The lowest BCUT2D eigenvalue weighted by atomic mass is 9.68. The van der Waals surface area contributed by atoms with Crippen molar-refractivity contribution in [2.75, 3.05) is 26.7 Å². The van der Waals surface area contributed by atoms with Crippen molar-refractivity contribution in [3.05, 3.63) is 0 Å². The van der Waals surface area contributed by atoms with E-state index < -0.39 is 0 Å². The van der Waals surface area contributed by atoms with Gasteiger partial charge in [-0.15, -0.1) is 0 Å². The quantitative estimate of drug-likeness (QED) is 0.832. The van der Waals surface area contributed by atoms with Gasteiger partial charge in [0.15, 0.2) is 0 Å². The molecule has 0 aromatic heterocycles. The van der Waals surface area contributed by atoms with Crippen LogP contribution in [-0.2, 0) is 0 Å². The number of nitrogens with two attached hydrogens (primary N) is 1. The van der Waals surface area contributed by atoms with Crippen LogP contribution in [0.3, 0.4) is 0 Å². The fourth-order valence-electron chi connectivity index (χ4n) is 4.33. The van der Waals surface area contributed by atoms with Crippen LogP contribution in [0.4, 0.5) is 0 Å². The van der Waals surface area contributed by atoms with E-state index >= 15 is 0 Å². The Hall–Kier alpha value is -0.120. The van der Waals surface area contributed by atoms with Gasteiger partial charge in [-0.2, -0.15) is 0 Å². The van der Waals surface area contributed by atoms with E-state index in [9.17, 15) is 0 Å². The molecule has 0 spiro atoms. The summed E-state index contributed by atoms with van der Waals surface area (Å²) in [7, 11) is 2.26. The van der Waals surface area contributed by atoms with Gasteiger partial charge in [-0.25, -0.2) is 0 Å². The third-order valence-corrected chi connectivity index (χ3v) is 6.05. The first kappa shape index (κ1) is 15.3.